The molecule has 0 N–H and O–H groups in total. The number of hydrogen-bond acceptors (Lipinski definition) is 2. The third kappa shape index (κ3) is 4.44. The largest absolute Gasteiger partial charge is 0.292 e. The van der Waals surface area contributed by atoms with Gasteiger partial charge in [-0.25, -0.2) is 4.98 Å². The second-order valence-corrected chi connectivity index (χ2v) is 11.4. The molecule has 3 nitrogen and oxygen atoms in total. The first-order valence-electron chi connectivity index (χ1n) is 18.0. The summed E-state index contributed by atoms with van der Waals surface area (Å²) in [7, 11) is 0. The van der Waals surface area contributed by atoms with E-state index in [1.54, 1.807) is 10.8 Å². The quantitative estimate of drug-likeness (QED) is 0.183. The average Bonchev–Trinajstić information content (AvgIpc) is 3.58. The van der Waals surface area contributed by atoms with E-state index < -0.39 is 18.1 Å². The fourth-order valence-electron chi connectivity index (χ4n) is 6.87. The maximum absolute atomic E-state index is 8.94. The van der Waals surface area contributed by atoms with E-state index in [4.69, 9.17) is 11.8 Å². The molecule has 0 atom stereocenters. The van der Waals surface area contributed by atoms with Gasteiger partial charge in [0, 0.05) is 29.2 Å². The fraction of sp³-hybridized carbons (Fsp3) is 0. The molecule has 2 aromatic heterocycles. The molecule has 0 radical (unpaired) electrons. The van der Waals surface area contributed by atoms with Crippen molar-refractivity contribution in [3.05, 3.63) is 176 Å². The summed E-state index contributed by atoms with van der Waals surface area (Å²) >= 11 is 0. The minimum atomic E-state index is -0.437. The van der Waals surface area contributed by atoms with E-state index in [1.165, 1.54) is 0 Å². The van der Waals surface area contributed by atoms with Crippen molar-refractivity contribution in [3.8, 4) is 50.5 Å². The highest BCUT2D eigenvalue weighted by atomic mass is 15.1. The van der Waals surface area contributed by atoms with Crippen LogP contribution < -0.4 is 0 Å². The Kier molecular flexibility index (Phi) is 5.32. The predicted octanol–water partition coefficient (Wildman–Crippen LogP) is 11.4. The van der Waals surface area contributed by atoms with Crippen molar-refractivity contribution in [2.75, 3.05) is 0 Å². The smallest absolute Gasteiger partial charge is 0.146 e. The molecule has 9 rings (SSSR count). The van der Waals surface area contributed by atoms with Gasteiger partial charge < -0.3 is 0 Å². The Morgan fingerprint density at radius 1 is 0.489 bits per heavy atom. The fourth-order valence-corrected chi connectivity index (χ4v) is 6.87. The summed E-state index contributed by atoms with van der Waals surface area (Å²) in [4.78, 5) is 9.52. The van der Waals surface area contributed by atoms with Gasteiger partial charge in [-0.2, -0.15) is 0 Å². The summed E-state index contributed by atoms with van der Waals surface area (Å²) in [5.74, 6) is 0.481. The van der Waals surface area contributed by atoms with Gasteiger partial charge in [0.05, 0.1) is 17.9 Å². The zero-order valence-electron chi connectivity index (χ0n) is 30.2. The molecule has 3 heteroatoms. The molecule has 0 saturated carbocycles. The van der Waals surface area contributed by atoms with E-state index in [0.29, 0.717) is 16.9 Å². The highest BCUT2D eigenvalue weighted by Gasteiger charge is 2.23. The highest BCUT2D eigenvalue weighted by molar-refractivity contribution is 6.23. The molecule has 0 aliphatic carbocycles. The Hall–Kier alpha value is -6.32. The number of pyridine rings is 1. The standard InChI is InChI=1S/C44H29N3/c1-2-16-31(17-3-1)47-41-27-13-12-26-40(41)46-44(47)39-25-11-10-24-38(39)43-36-22-8-6-20-34(36)42(35-21-7-9-23-37(35)43)33-19-5-4-18-32(33)30-15-14-28-45-29-30/h1-29H/i1D,2D,3D,16D,17D. The molecule has 0 fully saturated rings. The molecule has 0 unspecified atom stereocenters. The van der Waals surface area contributed by atoms with Gasteiger partial charge >= 0.3 is 0 Å². The summed E-state index contributed by atoms with van der Waals surface area (Å²) in [6.45, 7) is 0. The second-order valence-electron chi connectivity index (χ2n) is 11.4. The first kappa shape index (κ1) is 22.2. The second kappa shape index (κ2) is 11.2. The van der Waals surface area contributed by atoms with Crippen LogP contribution in [0, 0.1) is 0 Å². The van der Waals surface area contributed by atoms with Crippen molar-refractivity contribution < 1.29 is 6.85 Å². The van der Waals surface area contributed by atoms with Crippen LogP contribution in [0.2, 0.25) is 0 Å². The normalized spacial score (nSPS) is 12.9. The number of hydrogen-bond donors (Lipinski definition) is 0. The van der Waals surface area contributed by atoms with Crippen LogP contribution in [0.25, 0.3) is 83.0 Å². The monoisotopic (exact) mass is 604 g/mol. The van der Waals surface area contributed by atoms with Crippen molar-refractivity contribution in [2.24, 2.45) is 0 Å². The molecule has 0 aliphatic rings. The Labute approximate surface area is 280 Å². The van der Waals surface area contributed by atoms with Crippen LogP contribution in [0.15, 0.2) is 176 Å². The van der Waals surface area contributed by atoms with Gasteiger partial charge in [0.25, 0.3) is 0 Å². The number of imidazole rings is 1. The lowest BCUT2D eigenvalue weighted by molar-refractivity contribution is 1.10. The van der Waals surface area contributed by atoms with Gasteiger partial charge in [0.1, 0.15) is 5.82 Å². The molecule has 0 spiro atoms. The Bertz CT molecular complexity index is 2780. The zero-order valence-corrected chi connectivity index (χ0v) is 25.2. The predicted molar refractivity (Wildman–Crippen MR) is 196 cm³/mol. The number of para-hydroxylation sites is 3. The van der Waals surface area contributed by atoms with Gasteiger partial charge in [0.2, 0.25) is 0 Å². The SMILES string of the molecule is [2H]c1c([2H])c([2H])c(-n2c(-c3ccccc3-c3c4ccccc4c(-c4ccccc4-c4cccnc4)c4ccccc34)nc3ccccc32)c([2H])c1[2H]. The van der Waals surface area contributed by atoms with Crippen LogP contribution in [-0.4, -0.2) is 14.5 Å². The number of nitrogens with zero attached hydrogens (tertiary/aromatic N) is 3. The summed E-state index contributed by atoms with van der Waals surface area (Å²) in [5, 5.41) is 4.27. The lowest BCUT2D eigenvalue weighted by Crippen LogP contribution is -1.99. The lowest BCUT2D eigenvalue weighted by Gasteiger charge is -2.21. The number of aromatic nitrogens is 3. The summed E-state index contributed by atoms with van der Waals surface area (Å²) < 4.78 is 44.8. The lowest BCUT2D eigenvalue weighted by atomic mass is 9.83. The van der Waals surface area contributed by atoms with Crippen molar-refractivity contribution in [3.63, 3.8) is 0 Å². The molecule has 0 saturated heterocycles. The Morgan fingerprint density at radius 3 is 1.64 bits per heavy atom. The van der Waals surface area contributed by atoms with Gasteiger partial charge in [-0.05, 0) is 79.6 Å². The molecule has 47 heavy (non-hydrogen) atoms. The van der Waals surface area contributed by atoms with Gasteiger partial charge in [-0.15, -0.1) is 0 Å². The van der Waals surface area contributed by atoms with Crippen molar-refractivity contribution in [2.45, 2.75) is 0 Å². The van der Waals surface area contributed by atoms with E-state index in [2.05, 4.69) is 89.9 Å². The van der Waals surface area contributed by atoms with Crippen LogP contribution in [-0.2, 0) is 0 Å². The number of rotatable bonds is 5. The first-order valence-corrected chi connectivity index (χ1v) is 15.5. The van der Waals surface area contributed by atoms with E-state index in [9.17, 15) is 0 Å². The molecule has 2 heterocycles. The molecule has 0 amide bonds. The van der Waals surface area contributed by atoms with Crippen LogP contribution in [0.5, 0.6) is 0 Å². The molecule has 0 bridgehead atoms. The molecule has 220 valence electrons. The summed E-state index contributed by atoms with van der Waals surface area (Å²) in [5.41, 5.74) is 8.39. The van der Waals surface area contributed by atoms with Crippen LogP contribution in [0.4, 0.5) is 0 Å². The number of fused-ring (bicyclic) bond motifs is 3. The van der Waals surface area contributed by atoms with Crippen molar-refractivity contribution >= 4 is 32.6 Å². The Balaban J connectivity index is 1.39. The number of benzene rings is 7. The van der Waals surface area contributed by atoms with Gasteiger partial charge in [0.15, 0.2) is 0 Å². The Morgan fingerprint density at radius 2 is 1.02 bits per heavy atom. The van der Waals surface area contributed by atoms with Crippen LogP contribution in [0.3, 0.4) is 0 Å². The third-order valence-electron chi connectivity index (χ3n) is 8.81. The maximum Gasteiger partial charge on any atom is 0.146 e. The minimum absolute atomic E-state index is 0.0570. The minimum Gasteiger partial charge on any atom is -0.292 e. The van der Waals surface area contributed by atoms with Crippen molar-refractivity contribution in [1.82, 2.24) is 14.5 Å². The molecular weight excluding hydrogens is 571 g/mol. The van der Waals surface area contributed by atoms with Crippen LogP contribution >= 0.6 is 0 Å². The topological polar surface area (TPSA) is 30.7 Å². The van der Waals surface area contributed by atoms with E-state index in [0.717, 1.165) is 60.5 Å². The van der Waals surface area contributed by atoms with Crippen LogP contribution in [0.1, 0.15) is 6.85 Å². The zero-order chi connectivity index (χ0) is 35.5. The third-order valence-corrected chi connectivity index (χ3v) is 8.81. The summed E-state index contributed by atoms with van der Waals surface area (Å²) in [6.07, 6.45) is 3.69. The van der Waals surface area contributed by atoms with Gasteiger partial charge in [-0.3, -0.25) is 9.55 Å². The van der Waals surface area contributed by atoms with E-state index in [1.807, 2.05) is 54.7 Å². The molecule has 0 aliphatic heterocycles. The highest BCUT2D eigenvalue weighted by Crippen LogP contribution is 2.48. The molecular formula is C44H29N3. The van der Waals surface area contributed by atoms with E-state index >= 15 is 0 Å². The molecule has 9 aromatic rings. The van der Waals surface area contributed by atoms with E-state index in [-0.39, 0.29) is 17.8 Å². The van der Waals surface area contributed by atoms with Gasteiger partial charge in [-0.1, -0.05) is 133 Å². The van der Waals surface area contributed by atoms with Crippen molar-refractivity contribution in [1.29, 1.82) is 0 Å². The first-order chi connectivity index (χ1) is 25.4. The summed E-state index contributed by atoms with van der Waals surface area (Å²) in [6, 6.07) is 43.1. The average molecular weight is 605 g/mol. The molecule has 7 aromatic carbocycles. The maximum atomic E-state index is 8.94.